The highest BCUT2D eigenvalue weighted by atomic mass is 19.4. The van der Waals surface area contributed by atoms with Gasteiger partial charge in [0.1, 0.15) is 11.6 Å². The van der Waals surface area contributed by atoms with Crippen LogP contribution in [0.3, 0.4) is 0 Å². The number of aromatic hydroxyl groups is 1. The molecule has 1 saturated heterocycles. The van der Waals surface area contributed by atoms with Gasteiger partial charge in [0, 0.05) is 17.1 Å². The molecule has 0 aliphatic carbocycles. The van der Waals surface area contributed by atoms with Gasteiger partial charge in [0.15, 0.2) is 5.75 Å². The normalized spacial score (nSPS) is 17.0. The Hall–Kier alpha value is -2.60. The van der Waals surface area contributed by atoms with E-state index >= 15 is 0 Å². The number of nitrogens with zero attached hydrogens (tertiary/aromatic N) is 1. The highest BCUT2D eigenvalue weighted by Crippen LogP contribution is 2.35. The van der Waals surface area contributed by atoms with Gasteiger partial charge in [-0.05, 0) is 43.5 Å². The first-order valence-electron chi connectivity index (χ1n) is 9.53. The molecule has 0 amide bonds. The standard InChI is InChI=1S/C22H21F3N2O/c23-22(24,25)17-9-6-16(7-10-17)20(27-13-2-1-3-14-27)18-11-8-15-5-4-12-26-19(15)21(18)28/h4-12,20,28H,1-3,13-14H2/p+1/t20-/m0/s1. The average molecular weight is 387 g/mol. The molecule has 0 radical (unpaired) electrons. The molecule has 146 valence electrons. The Morgan fingerprint density at radius 2 is 1.64 bits per heavy atom. The smallest absolute Gasteiger partial charge is 0.416 e. The molecule has 1 fully saturated rings. The van der Waals surface area contributed by atoms with Crippen LogP contribution in [0.5, 0.6) is 5.75 Å². The summed E-state index contributed by atoms with van der Waals surface area (Å²) in [6, 6.07) is 12.6. The monoisotopic (exact) mass is 387 g/mol. The van der Waals surface area contributed by atoms with Gasteiger partial charge >= 0.3 is 6.18 Å². The Kier molecular flexibility index (Phi) is 4.98. The second-order valence-corrected chi connectivity index (χ2v) is 7.35. The second-order valence-electron chi connectivity index (χ2n) is 7.35. The van der Waals surface area contributed by atoms with Gasteiger partial charge < -0.3 is 10.0 Å². The number of quaternary nitrogens is 1. The molecule has 2 heterocycles. The van der Waals surface area contributed by atoms with Crippen molar-refractivity contribution in [3.63, 3.8) is 0 Å². The summed E-state index contributed by atoms with van der Waals surface area (Å²) in [5, 5.41) is 11.8. The fourth-order valence-corrected chi connectivity index (χ4v) is 4.17. The van der Waals surface area contributed by atoms with E-state index in [9.17, 15) is 18.3 Å². The van der Waals surface area contributed by atoms with E-state index in [0.29, 0.717) is 11.1 Å². The summed E-state index contributed by atoms with van der Waals surface area (Å²) in [5.41, 5.74) is 1.35. The molecule has 0 spiro atoms. The molecule has 2 N–H and O–H groups in total. The maximum atomic E-state index is 13.0. The van der Waals surface area contributed by atoms with E-state index in [1.807, 2.05) is 24.3 Å². The second kappa shape index (κ2) is 7.43. The zero-order chi connectivity index (χ0) is 19.7. The minimum Gasteiger partial charge on any atom is -0.505 e. The molecular weight excluding hydrogens is 365 g/mol. The van der Waals surface area contributed by atoms with Gasteiger partial charge in [-0.2, -0.15) is 13.2 Å². The lowest BCUT2D eigenvalue weighted by Gasteiger charge is -2.32. The molecule has 2 aromatic carbocycles. The Morgan fingerprint density at radius 3 is 2.32 bits per heavy atom. The first-order chi connectivity index (χ1) is 13.4. The molecule has 1 aromatic heterocycles. The van der Waals surface area contributed by atoms with Crippen LogP contribution in [0.1, 0.15) is 42.0 Å². The van der Waals surface area contributed by atoms with Crippen LogP contribution in [-0.2, 0) is 6.18 Å². The van der Waals surface area contributed by atoms with Crippen molar-refractivity contribution >= 4 is 10.9 Å². The Morgan fingerprint density at radius 1 is 0.929 bits per heavy atom. The third-order valence-corrected chi connectivity index (χ3v) is 5.57. The molecule has 1 atom stereocenters. The quantitative estimate of drug-likeness (QED) is 0.710. The highest BCUT2D eigenvalue weighted by molar-refractivity contribution is 5.85. The number of halogens is 3. The minimum absolute atomic E-state index is 0.112. The average Bonchev–Trinajstić information content (AvgIpc) is 2.71. The summed E-state index contributed by atoms with van der Waals surface area (Å²) >= 11 is 0. The molecule has 6 heteroatoms. The fraction of sp³-hybridized carbons (Fsp3) is 0.318. The van der Waals surface area contributed by atoms with Crippen LogP contribution in [0.2, 0.25) is 0 Å². The van der Waals surface area contributed by atoms with E-state index in [4.69, 9.17) is 0 Å². The van der Waals surface area contributed by atoms with Gasteiger partial charge in [-0.3, -0.25) is 4.98 Å². The maximum Gasteiger partial charge on any atom is 0.416 e. The number of likely N-dealkylation sites (tertiary alicyclic amines) is 1. The summed E-state index contributed by atoms with van der Waals surface area (Å²) in [4.78, 5) is 5.56. The van der Waals surface area contributed by atoms with E-state index < -0.39 is 11.7 Å². The summed E-state index contributed by atoms with van der Waals surface area (Å²) in [5.74, 6) is 0.112. The number of phenols is 1. The van der Waals surface area contributed by atoms with Crippen LogP contribution in [-0.4, -0.2) is 23.2 Å². The topological polar surface area (TPSA) is 37.6 Å². The predicted octanol–water partition coefficient (Wildman–Crippen LogP) is 4.12. The summed E-state index contributed by atoms with van der Waals surface area (Å²) < 4.78 is 39.0. The van der Waals surface area contributed by atoms with E-state index in [1.54, 1.807) is 6.20 Å². The molecule has 1 aliphatic rings. The number of piperidine rings is 1. The van der Waals surface area contributed by atoms with Crippen molar-refractivity contribution in [3.8, 4) is 5.75 Å². The molecule has 3 nitrogen and oxygen atoms in total. The number of nitrogens with one attached hydrogen (secondary N) is 1. The van der Waals surface area contributed by atoms with Crippen LogP contribution in [0.15, 0.2) is 54.7 Å². The molecule has 28 heavy (non-hydrogen) atoms. The van der Waals surface area contributed by atoms with Crippen molar-refractivity contribution in [1.29, 1.82) is 0 Å². The molecular formula is C22H22F3N2O+. The van der Waals surface area contributed by atoms with Crippen molar-refractivity contribution < 1.29 is 23.2 Å². The van der Waals surface area contributed by atoms with Crippen LogP contribution < -0.4 is 4.90 Å². The number of alkyl halides is 3. The highest BCUT2D eigenvalue weighted by Gasteiger charge is 2.33. The number of hydrogen-bond acceptors (Lipinski definition) is 2. The number of pyridine rings is 1. The molecule has 0 saturated carbocycles. The van der Waals surface area contributed by atoms with Crippen molar-refractivity contribution in [1.82, 2.24) is 4.98 Å². The fourth-order valence-electron chi connectivity index (χ4n) is 4.17. The lowest BCUT2D eigenvalue weighted by Crippen LogP contribution is -3.13. The number of rotatable bonds is 3. The molecule has 0 unspecified atom stereocenters. The van der Waals surface area contributed by atoms with Crippen LogP contribution in [0.4, 0.5) is 13.2 Å². The molecule has 0 bridgehead atoms. The van der Waals surface area contributed by atoms with Gasteiger partial charge in [0.05, 0.1) is 24.2 Å². The zero-order valence-corrected chi connectivity index (χ0v) is 15.3. The number of phenolic OH excluding ortho intramolecular Hbond substituents is 1. The van der Waals surface area contributed by atoms with E-state index in [-0.39, 0.29) is 11.8 Å². The van der Waals surface area contributed by atoms with Gasteiger partial charge in [0.2, 0.25) is 0 Å². The minimum atomic E-state index is -4.36. The lowest BCUT2D eigenvalue weighted by atomic mass is 9.92. The molecule has 1 aliphatic heterocycles. The first-order valence-corrected chi connectivity index (χ1v) is 9.53. The Labute approximate surface area is 161 Å². The van der Waals surface area contributed by atoms with Gasteiger partial charge in [-0.25, -0.2) is 0 Å². The van der Waals surface area contributed by atoms with Gasteiger partial charge in [0.25, 0.3) is 0 Å². The lowest BCUT2D eigenvalue weighted by molar-refractivity contribution is -0.930. The maximum absolute atomic E-state index is 13.0. The molecule has 3 aromatic rings. The van der Waals surface area contributed by atoms with E-state index in [0.717, 1.165) is 55.4 Å². The largest absolute Gasteiger partial charge is 0.505 e. The summed E-state index contributed by atoms with van der Waals surface area (Å²) in [7, 11) is 0. The SMILES string of the molecule is Oc1c([C@H](c2ccc(C(F)(F)F)cc2)[NH+]2CCCCC2)ccc2cccnc12. The van der Waals surface area contributed by atoms with Crippen molar-refractivity contribution in [2.45, 2.75) is 31.5 Å². The zero-order valence-electron chi connectivity index (χ0n) is 15.3. The van der Waals surface area contributed by atoms with Gasteiger partial charge in [-0.15, -0.1) is 0 Å². The van der Waals surface area contributed by atoms with E-state index in [1.165, 1.54) is 17.0 Å². The molecule has 4 rings (SSSR count). The Balaban J connectivity index is 1.81. The van der Waals surface area contributed by atoms with Crippen molar-refractivity contribution in [2.75, 3.05) is 13.1 Å². The van der Waals surface area contributed by atoms with Crippen molar-refractivity contribution in [2.24, 2.45) is 0 Å². The number of fused-ring (bicyclic) bond motifs is 1. The summed E-state index contributed by atoms with van der Waals surface area (Å²) in [6.45, 7) is 1.84. The van der Waals surface area contributed by atoms with Gasteiger partial charge in [-0.1, -0.05) is 24.3 Å². The van der Waals surface area contributed by atoms with E-state index in [2.05, 4.69) is 4.98 Å². The Bertz CT molecular complexity index is 964. The summed E-state index contributed by atoms with van der Waals surface area (Å²) in [6.07, 6.45) is 0.570. The van der Waals surface area contributed by atoms with Crippen molar-refractivity contribution in [3.05, 3.63) is 71.4 Å². The number of hydrogen-bond donors (Lipinski definition) is 2. The third kappa shape index (κ3) is 3.56. The van der Waals surface area contributed by atoms with Crippen LogP contribution in [0, 0.1) is 0 Å². The number of benzene rings is 2. The van der Waals surface area contributed by atoms with Crippen LogP contribution in [0.25, 0.3) is 10.9 Å². The van der Waals surface area contributed by atoms with Crippen LogP contribution >= 0.6 is 0 Å². The third-order valence-electron chi connectivity index (χ3n) is 5.57. The first kappa shape index (κ1) is 18.7. The number of aromatic nitrogens is 1. The predicted molar refractivity (Wildman–Crippen MR) is 101 cm³/mol.